The number of nitrogens with zero attached hydrogens (tertiary/aromatic N) is 2. The van der Waals surface area contributed by atoms with Crippen LogP contribution in [0.15, 0.2) is 48.6 Å². The zero-order valence-corrected chi connectivity index (χ0v) is 25.7. The molecule has 2 aromatic carbocycles. The van der Waals surface area contributed by atoms with Crippen molar-refractivity contribution in [1.82, 2.24) is 4.90 Å². The zero-order valence-electron chi connectivity index (χ0n) is 24.9. The minimum absolute atomic E-state index is 0.125. The number of rotatable bonds is 1. The molecule has 0 aromatic heterocycles. The molecule has 1 fully saturated rings. The fourth-order valence-electron chi connectivity index (χ4n) is 7.51. The molecule has 0 unspecified atom stereocenters. The molecule has 2 N–H and O–H groups in total. The van der Waals surface area contributed by atoms with Gasteiger partial charge in [0.25, 0.3) is 0 Å². The van der Waals surface area contributed by atoms with Crippen molar-refractivity contribution in [1.29, 1.82) is 0 Å². The predicted octanol–water partition coefficient (Wildman–Crippen LogP) is 4.37. The molecule has 2 heterocycles. The van der Waals surface area contributed by atoms with Gasteiger partial charge in [-0.25, -0.2) is 4.79 Å². The van der Waals surface area contributed by atoms with Crippen molar-refractivity contribution in [2.24, 2.45) is 11.8 Å². The number of carbonyl (C=O) groups excluding carboxylic acids is 2. The number of esters is 1. The second kappa shape index (κ2) is 11.8. The summed E-state index contributed by atoms with van der Waals surface area (Å²) in [5.74, 6) is -0.216. The summed E-state index contributed by atoms with van der Waals surface area (Å²) < 4.78 is 11.6. The Morgan fingerprint density at radius 1 is 1.19 bits per heavy atom. The Bertz CT molecular complexity index is 1430. The van der Waals surface area contributed by atoms with Crippen LogP contribution in [0.2, 0.25) is 5.02 Å². The second-order valence-electron chi connectivity index (χ2n) is 12.8. The van der Waals surface area contributed by atoms with Crippen LogP contribution >= 0.6 is 11.6 Å². The molecule has 1 amide bonds. The van der Waals surface area contributed by atoms with Crippen LogP contribution in [0, 0.1) is 11.8 Å². The third kappa shape index (κ3) is 5.54. The van der Waals surface area contributed by atoms with Gasteiger partial charge in [-0.15, -0.1) is 0 Å². The largest absolute Gasteiger partial charge is 0.490 e. The van der Waals surface area contributed by atoms with Crippen molar-refractivity contribution in [2.75, 3.05) is 45.3 Å². The number of amides is 1. The molecule has 230 valence electrons. The third-order valence-electron chi connectivity index (χ3n) is 10.2. The lowest BCUT2D eigenvalue weighted by molar-refractivity contribution is -0.168. The highest BCUT2D eigenvalue weighted by atomic mass is 35.5. The lowest BCUT2D eigenvalue weighted by Crippen LogP contribution is -2.49. The summed E-state index contributed by atoms with van der Waals surface area (Å²) in [5.41, 5.74) is 1.09. The number of aliphatic hydroxyl groups excluding tert-OH is 1. The van der Waals surface area contributed by atoms with Gasteiger partial charge in [0.05, 0.1) is 31.9 Å². The standard InChI is InChI=1S/C34H41ClN2O6/c1-36-15-4-3-7-29(38)26-11-8-23(26)19-37-20-33(14-5-6-22-16-25(35)10-12-27(22)33)21-43-30-13-9-24(17-28(30)37)34(41,18-31(36)39)32(40)42-2/h3,7,9-10,12-13,16-17,23,26,29,38,41H,4-6,8,11,14-15,18-21H2,1-2H3/b7-3+/t23-,26+,29-,33-,34-/m0/s1. The second-order valence-corrected chi connectivity index (χ2v) is 13.3. The molecule has 6 rings (SSSR count). The van der Waals surface area contributed by atoms with Crippen LogP contribution in [0.4, 0.5) is 5.69 Å². The normalized spacial score (nSPS) is 31.7. The van der Waals surface area contributed by atoms with Crippen molar-refractivity contribution < 1.29 is 29.3 Å². The number of carbonyl (C=O) groups is 2. The van der Waals surface area contributed by atoms with E-state index < -0.39 is 24.1 Å². The van der Waals surface area contributed by atoms with Gasteiger partial charge in [0.15, 0.2) is 5.60 Å². The Morgan fingerprint density at radius 2 is 2.02 bits per heavy atom. The van der Waals surface area contributed by atoms with E-state index in [9.17, 15) is 19.8 Å². The van der Waals surface area contributed by atoms with Gasteiger partial charge in [-0.1, -0.05) is 35.9 Å². The first kappa shape index (κ1) is 30.0. The highest BCUT2D eigenvalue weighted by Crippen LogP contribution is 2.47. The summed E-state index contributed by atoms with van der Waals surface area (Å²) in [5, 5.41) is 23.7. The lowest BCUT2D eigenvalue weighted by Gasteiger charge is -2.45. The number of benzene rings is 2. The maximum atomic E-state index is 13.2. The average Bonchev–Trinajstić information content (AvgIpc) is 3.13. The molecule has 2 aliphatic heterocycles. The summed E-state index contributed by atoms with van der Waals surface area (Å²) >= 11 is 6.40. The number of ether oxygens (including phenoxy) is 2. The first-order valence-corrected chi connectivity index (χ1v) is 15.7. The highest BCUT2D eigenvalue weighted by Gasteiger charge is 2.46. The van der Waals surface area contributed by atoms with Gasteiger partial charge < -0.3 is 29.5 Å². The van der Waals surface area contributed by atoms with E-state index in [1.54, 1.807) is 25.2 Å². The fraction of sp³-hybridized carbons (Fsp3) is 0.529. The van der Waals surface area contributed by atoms with Gasteiger partial charge in [-0.05, 0) is 91.3 Å². The maximum Gasteiger partial charge on any atom is 0.343 e. The Hall–Kier alpha value is -3.07. The van der Waals surface area contributed by atoms with Crippen LogP contribution in [-0.2, 0) is 31.8 Å². The number of hydrogen-bond acceptors (Lipinski definition) is 7. The van der Waals surface area contributed by atoms with Crippen molar-refractivity contribution in [3.05, 3.63) is 70.3 Å². The van der Waals surface area contributed by atoms with E-state index in [0.29, 0.717) is 38.4 Å². The van der Waals surface area contributed by atoms with E-state index in [1.807, 2.05) is 18.2 Å². The summed E-state index contributed by atoms with van der Waals surface area (Å²) in [6, 6.07) is 11.4. The number of methoxy groups -OCH3 is 1. The predicted molar refractivity (Wildman–Crippen MR) is 164 cm³/mol. The van der Waals surface area contributed by atoms with Gasteiger partial charge in [0.1, 0.15) is 5.75 Å². The number of anilines is 1. The minimum atomic E-state index is -2.17. The van der Waals surface area contributed by atoms with Gasteiger partial charge in [-0.2, -0.15) is 0 Å². The number of aliphatic hydroxyl groups is 2. The van der Waals surface area contributed by atoms with E-state index >= 15 is 0 Å². The van der Waals surface area contributed by atoms with Gasteiger partial charge in [0, 0.05) is 37.1 Å². The zero-order chi connectivity index (χ0) is 30.4. The van der Waals surface area contributed by atoms with Crippen molar-refractivity contribution in [3.8, 4) is 5.75 Å². The third-order valence-corrected chi connectivity index (χ3v) is 10.4. The molecular weight excluding hydrogens is 568 g/mol. The number of fused-ring (bicyclic) bond motifs is 4. The van der Waals surface area contributed by atoms with Crippen LogP contribution in [0.25, 0.3) is 0 Å². The Balaban J connectivity index is 1.46. The summed E-state index contributed by atoms with van der Waals surface area (Å²) in [6.07, 6.45) is 8.19. The Labute approximate surface area is 258 Å². The van der Waals surface area contributed by atoms with E-state index in [0.717, 1.165) is 42.8 Å². The fourth-order valence-corrected chi connectivity index (χ4v) is 7.71. The SMILES string of the molecule is COC(=O)[C@]1(O)CC(=O)N(C)CC/C=C/[C@H](O)[C@@H]2CC[C@H]2CN2C[C@@]3(CCCc4cc(Cl)ccc43)COc3ccc1cc32. The van der Waals surface area contributed by atoms with Crippen LogP contribution in [0.3, 0.4) is 0 Å². The first-order chi connectivity index (χ1) is 20.6. The van der Waals surface area contributed by atoms with E-state index in [-0.39, 0.29) is 28.7 Å². The maximum absolute atomic E-state index is 13.2. The van der Waals surface area contributed by atoms with Crippen LogP contribution < -0.4 is 9.64 Å². The molecule has 8 nitrogen and oxygen atoms in total. The van der Waals surface area contributed by atoms with Crippen LogP contribution in [0.5, 0.6) is 5.75 Å². The van der Waals surface area contributed by atoms with Gasteiger partial charge in [-0.3, -0.25) is 4.79 Å². The molecule has 0 radical (unpaired) electrons. The van der Waals surface area contributed by atoms with Gasteiger partial charge >= 0.3 is 5.97 Å². The van der Waals surface area contributed by atoms with E-state index in [1.165, 1.54) is 23.1 Å². The smallest absolute Gasteiger partial charge is 0.343 e. The van der Waals surface area contributed by atoms with Crippen LogP contribution in [-0.4, -0.2) is 73.5 Å². The molecule has 9 heteroatoms. The monoisotopic (exact) mass is 608 g/mol. The van der Waals surface area contributed by atoms with Crippen molar-refractivity contribution in [3.63, 3.8) is 0 Å². The number of aryl methyl sites for hydroxylation is 1. The average molecular weight is 609 g/mol. The Kier molecular flexibility index (Phi) is 8.22. The van der Waals surface area contributed by atoms with Gasteiger partial charge in [0.2, 0.25) is 5.91 Å². The lowest BCUT2D eigenvalue weighted by atomic mass is 9.68. The first-order valence-electron chi connectivity index (χ1n) is 15.3. The van der Waals surface area contributed by atoms with Crippen LogP contribution in [0.1, 0.15) is 55.2 Å². The molecule has 43 heavy (non-hydrogen) atoms. The highest BCUT2D eigenvalue weighted by molar-refractivity contribution is 6.30. The molecule has 1 spiro atoms. The molecular formula is C34H41ClN2O6. The quantitative estimate of drug-likeness (QED) is 0.366. The van der Waals surface area contributed by atoms with E-state index in [2.05, 4.69) is 17.0 Å². The molecule has 4 aliphatic rings. The summed E-state index contributed by atoms with van der Waals surface area (Å²) in [4.78, 5) is 30.2. The number of halogens is 1. The van der Waals surface area contributed by atoms with Crippen molar-refractivity contribution in [2.45, 2.75) is 62.1 Å². The topological polar surface area (TPSA) is 99.5 Å². The molecule has 2 aliphatic carbocycles. The molecule has 1 saturated carbocycles. The summed E-state index contributed by atoms with van der Waals surface area (Å²) in [7, 11) is 2.87. The molecule has 5 atom stereocenters. The molecule has 2 bridgehead atoms. The summed E-state index contributed by atoms with van der Waals surface area (Å²) in [6.45, 7) is 2.24. The molecule has 0 saturated heterocycles. The van der Waals surface area contributed by atoms with E-state index in [4.69, 9.17) is 21.1 Å². The molecule has 2 aromatic rings. The number of hydrogen-bond donors (Lipinski definition) is 2. The minimum Gasteiger partial charge on any atom is -0.490 e. The Morgan fingerprint density at radius 3 is 2.79 bits per heavy atom. The van der Waals surface area contributed by atoms with Crippen molar-refractivity contribution >= 4 is 29.2 Å².